The SMILES string of the molecule is C(C=Cc1ccccc1C(CCC/C=C/c1ccccc1)C(CCC/C=C/c1ccccc1)c1ccccc1/C=C/C=C/C=C/c1ccccc1)=C/C=C/c1ccccc1. The summed E-state index contributed by atoms with van der Waals surface area (Å²) >= 11 is 0. The highest BCUT2D eigenvalue weighted by Gasteiger charge is 2.27. The molecule has 0 nitrogen and oxygen atoms in total. The van der Waals surface area contributed by atoms with Crippen LogP contribution in [0.4, 0.5) is 0 Å². The van der Waals surface area contributed by atoms with Gasteiger partial charge < -0.3 is 0 Å². The summed E-state index contributed by atoms with van der Waals surface area (Å²) in [6.45, 7) is 0. The molecule has 2 atom stereocenters. The highest BCUT2D eigenvalue weighted by Crippen LogP contribution is 2.43. The van der Waals surface area contributed by atoms with Crippen LogP contribution in [-0.4, -0.2) is 0 Å². The summed E-state index contributed by atoms with van der Waals surface area (Å²) in [6, 6.07) is 60.3. The summed E-state index contributed by atoms with van der Waals surface area (Å²) in [5.74, 6) is 0.657. The first-order valence-electron chi connectivity index (χ1n) is 21.6. The minimum absolute atomic E-state index is 0.329. The van der Waals surface area contributed by atoms with Crippen LogP contribution in [0.5, 0.6) is 0 Å². The molecule has 0 fully saturated rings. The van der Waals surface area contributed by atoms with Gasteiger partial charge in [-0.05, 0) is 94.9 Å². The Kier molecular flexibility index (Phi) is 18.3. The molecule has 0 aliphatic carbocycles. The van der Waals surface area contributed by atoms with E-state index in [1.54, 1.807) is 0 Å². The van der Waals surface area contributed by atoms with E-state index in [2.05, 4.69) is 267 Å². The van der Waals surface area contributed by atoms with Crippen molar-refractivity contribution < 1.29 is 0 Å². The Labute approximate surface area is 360 Å². The smallest absolute Gasteiger partial charge is 0.00868 e. The van der Waals surface area contributed by atoms with Crippen molar-refractivity contribution in [3.05, 3.63) is 275 Å². The fourth-order valence-corrected chi connectivity index (χ4v) is 7.66. The Morgan fingerprint density at radius 3 is 0.950 bits per heavy atom. The topological polar surface area (TPSA) is 0 Å². The first kappa shape index (κ1) is 42.8. The van der Waals surface area contributed by atoms with Crippen LogP contribution in [0.2, 0.25) is 0 Å². The molecule has 2 unspecified atom stereocenters. The van der Waals surface area contributed by atoms with Crippen LogP contribution in [-0.2, 0) is 0 Å². The molecule has 0 radical (unpaired) electrons. The molecule has 6 rings (SSSR count). The van der Waals surface area contributed by atoms with E-state index in [4.69, 9.17) is 0 Å². The summed E-state index contributed by atoms with van der Waals surface area (Å²) in [4.78, 5) is 0. The van der Waals surface area contributed by atoms with Crippen molar-refractivity contribution in [2.75, 3.05) is 0 Å². The molecule has 6 aromatic rings. The highest BCUT2D eigenvalue weighted by molar-refractivity contribution is 5.61. The summed E-state index contributed by atoms with van der Waals surface area (Å²) in [6.07, 6.45) is 41.7. The van der Waals surface area contributed by atoms with E-state index in [9.17, 15) is 0 Å². The largest absolute Gasteiger partial charge is 0.0839 e. The van der Waals surface area contributed by atoms with Crippen LogP contribution in [0, 0.1) is 0 Å². The highest BCUT2D eigenvalue weighted by atomic mass is 14.3. The second-order valence-electron chi connectivity index (χ2n) is 15.0. The van der Waals surface area contributed by atoms with Crippen LogP contribution in [0.25, 0.3) is 36.5 Å². The lowest BCUT2D eigenvalue weighted by atomic mass is 9.73. The van der Waals surface area contributed by atoms with E-state index in [1.807, 2.05) is 0 Å². The zero-order valence-corrected chi connectivity index (χ0v) is 34.8. The van der Waals surface area contributed by atoms with Gasteiger partial charge in [0, 0.05) is 0 Å². The molecule has 0 aliphatic rings. The average Bonchev–Trinajstić information content (AvgIpc) is 3.30. The van der Waals surface area contributed by atoms with Gasteiger partial charge in [-0.2, -0.15) is 0 Å². The average molecular weight is 779 g/mol. The summed E-state index contributed by atoms with van der Waals surface area (Å²) in [5, 5.41) is 0. The van der Waals surface area contributed by atoms with E-state index in [0.717, 1.165) is 38.5 Å². The monoisotopic (exact) mass is 778 g/mol. The fourth-order valence-electron chi connectivity index (χ4n) is 7.66. The predicted octanol–water partition coefficient (Wildman–Crippen LogP) is 16.9. The van der Waals surface area contributed by atoms with Crippen LogP contribution in [0.1, 0.15) is 94.9 Å². The third kappa shape index (κ3) is 14.9. The first-order chi connectivity index (χ1) is 29.8. The van der Waals surface area contributed by atoms with Gasteiger partial charge in [0.1, 0.15) is 0 Å². The van der Waals surface area contributed by atoms with Gasteiger partial charge in [0.15, 0.2) is 0 Å². The minimum Gasteiger partial charge on any atom is -0.0839 e. The lowest BCUT2D eigenvalue weighted by Gasteiger charge is -2.31. The molecule has 0 heteroatoms. The minimum atomic E-state index is 0.329. The Balaban J connectivity index is 1.29. The predicted molar refractivity (Wildman–Crippen MR) is 264 cm³/mol. The van der Waals surface area contributed by atoms with Crippen molar-refractivity contribution in [1.29, 1.82) is 0 Å². The Bertz CT molecular complexity index is 2180. The third-order valence-corrected chi connectivity index (χ3v) is 10.7. The zero-order valence-electron chi connectivity index (χ0n) is 34.8. The van der Waals surface area contributed by atoms with Gasteiger partial charge in [-0.25, -0.2) is 0 Å². The summed E-state index contributed by atoms with van der Waals surface area (Å²) < 4.78 is 0. The molecule has 0 spiro atoms. The lowest BCUT2D eigenvalue weighted by Crippen LogP contribution is -2.14. The Morgan fingerprint density at radius 1 is 0.283 bits per heavy atom. The van der Waals surface area contributed by atoms with E-state index in [-0.39, 0.29) is 0 Å². The molecule has 0 bridgehead atoms. The van der Waals surface area contributed by atoms with Gasteiger partial charge in [-0.1, -0.05) is 267 Å². The number of hydrogen-bond donors (Lipinski definition) is 0. The summed E-state index contributed by atoms with van der Waals surface area (Å²) in [7, 11) is 0. The van der Waals surface area contributed by atoms with Crippen LogP contribution in [0.3, 0.4) is 0 Å². The van der Waals surface area contributed by atoms with Crippen LogP contribution < -0.4 is 0 Å². The number of rotatable bonds is 21. The van der Waals surface area contributed by atoms with Crippen molar-refractivity contribution in [2.45, 2.75) is 50.4 Å². The van der Waals surface area contributed by atoms with Gasteiger partial charge in [-0.3, -0.25) is 0 Å². The molecular weight excluding hydrogens is 721 g/mol. The molecule has 0 amide bonds. The quantitative estimate of drug-likeness (QED) is 0.0504. The third-order valence-electron chi connectivity index (χ3n) is 10.7. The molecular formula is C60H58. The van der Waals surface area contributed by atoms with Crippen LogP contribution in [0.15, 0.2) is 231 Å². The Hall–Kier alpha value is -6.76. The van der Waals surface area contributed by atoms with Crippen molar-refractivity contribution in [3.63, 3.8) is 0 Å². The maximum Gasteiger partial charge on any atom is -0.00868 e. The Morgan fingerprint density at radius 2 is 0.583 bits per heavy atom. The van der Waals surface area contributed by atoms with Crippen molar-refractivity contribution in [1.82, 2.24) is 0 Å². The zero-order chi connectivity index (χ0) is 41.1. The van der Waals surface area contributed by atoms with Crippen molar-refractivity contribution in [2.24, 2.45) is 0 Å². The van der Waals surface area contributed by atoms with Crippen molar-refractivity contribution >= 4 is 36.5 Å². The molecule has 0 saturated heterocycles. The molecule has 0 aromatic heterocycles. The van der Waals surface area contributed by atoms with Gasteiger partial charge in [0.05, 0.1) is 0 Å². The summed E-state index contributed by atoms with van der Waals surface area (Å²) in [5.41, 5.74) is 10.3. The van der Waals surface area contributed by atoms with Crippen LogP contribution >= 0.6 is 0 Å². The fraction of sp³-hybridized carbons (Fsp3) is 0.133. The second kappa shape index (κ2) is 25.6. The number of unbranched alkanes of at least 4 members (excludes halogenated alkanes) is 2. The molecule has 0 saturated carbocycles. The van der Waals surface area contributed by atoms with E-state index >= 15 is 0 Å². The molecule has 6 aromatic carbocycles. The lowest BCUT2D eigenvalue weighted by molar-refractivity contribution is 0.456. The maximum atomic E-state index is 2.38. The molecule has 298 valence electrons. The second-order valence-corrected chi connectivity index (χ2v) is 15.0. The van der Waals surface area contributed by atoms with Gasteiger partial charge in [-0.15, -0.1) is 0 Å². The number of allylic oxidation sites excluding steroid dienone is 10. The number of hydrogen-bond acceptors (Lipinski definition) is 0. The van der Waals surface area contributed by atoms with E-state index in [1.165, 1.54) is 44.5 Å². The van der Waals surface area contributed by atoms with Gasteiger partial charge in [0.2, 0.25) is 0 Å². The number of benzene rings is 6. The molecule has 60 heavy (non-hydrogen) atoms. The molecule has 0 aliphatic heterocycles. The van der Waals surface area contributed by atoms with E-state index in [0.29, 0.717) is 11.8 Å². The van der Waals surface area contributed by atoms with E-state index < -0.39 is 0 Å². The molecule has 0 N–H and O–H groups in total. The molecule has 0 heterocycles. The first-order valence-corrected chi connectivity index (χ1v) is 21.6. The maximum absolute atomic E-state index is 2.38. The van der Waals surface area contributed by atoms with Gasteiger partial charge in [0.25, 0.3) is 0 Å². The van der Waals surface area contributed by atoms with Gasteiger partial charge >= 0.3 is 0 Å². The van der Waals surface area contributed by atoms with Crippen molar-refractivity contribution in [3.8, 4) is 0 Å². The standard InChI is InChI=1S/C60H58/c1(11-31-51-33-13-5-14-34-51)3-23-43-55-45-27-29-47-57(55)59(49-25-9-21-41-53-37-17-7-18-38-53)60(50-26-10-22-42-54-39-19-8-20-40-54)58-48-30-28-46-56(58)44-24-4-2-12-32-52-35-15-6-16-36-52/h1-8,11-24,27-48,59-60H,9-10,25-26,49-50H2/b3-1+,4-2?,31-11+,32-12+,41-21+,42-22+,43-23+,44-24?. The normalized spacial score (nSPS) is 13.4.